The Morgan fingerprint density at radius 2 is 1.57 bits per heavy atom. The molecule has 1 N–H and O–H groups in total. The first kappa shape index (κ1) is 30.3. The molecule has 0 radical (unpaired) electrons. The molecule has 2 aliphatic rings. The van der Waals surface area contributed by atoms with Crippen molar-refractivity contribution in [3.05, 3.63) is 11.9 Å². The molecule has 6 atom stereocenters. The fourth-order valence-corrected chi connectivity index (χ4v) is 4.19. The lowest BCUT2D eigenvalue weighted by Crippen LogP contribution is -2.60. The summed E-state index contributed by atoms with van der Waals surface area (Å²) in [6.45, 7) is 5.79. The van der Waals surface area contributed by atoms with Gasteiger partial charge in [0.2, 0.25) is 5.91 Å². The average molecular weight is 570 g/mol. The van der Waals surface area contributed by atoms with Crippen LogP contribution in [-0.2, 0) is 58.9 Å². The van der Waals surface area contributed by atoms with Crippen LogP contribution >= 0.6 is 0 Å². The second kappa shape index (κ2) is 13.2. The molecule has 1 aromatic heterocycles. The first-order valence-corrected chi connectivity index (χ1v) is 12.2. The number of esters is 4. The molecule has 0 spiro atoms. The topological polar surface area (TPSA) is 204 Å². The van der Waals surface area contributed by atoms with Crippen molar-refractivity contribution < 1.29 is 57.2 Å². The molecule has 17 heteroatoms. The summed E-state index contributed by atoms with van der Waals surface area (Å²) in [7, 11) is 0. The van der Waals surface area contributed by atoms with Crippen LogP contribution in [0.15, 0.2) is 6.20 Å². The summed E-state index contributed by atoms with van der Waals surface area (Å²) in [5.41, 5.74) is 0.296. The number of carbonyl (C=O) groups is 6. The van der Waals surface area contributed by atoms with Crippen molar-refractivity contribution in [1.82, 2.24) is 25.2 Å². The van der Waals surface area contributed by atoms with Gasteiger partial charge in [0.1, 0.15) is 24.5 Å². The standard InChI is InChI=1S/C23H31N5O12/c1-11(29)24-6-17-9-27(23(34)39-17)7-16-8-28(26-25-16)22-21(38-15(5)33)20(37-14(4)32)19(36-13(3)31)18(40-22)10-35-12(2)30/h8,17-22H,6-7,9-10H2,1-5H3,(H,24,29)/t17?,18-,19-,20+,21+,22+/m1/s1. The number of cyclic esters (lactones) is 1. The highest BCUT2D eigenvalue weighted by atomic mass is 16.7. The van der Waals surface area contributed by atoms with Gasteiger partial charge in [-0.1, -0.05) is 5.21 Å². The highest BCUT2D eigenvalue weighted by molar-refractivity contribution is 5.73. The van der Waals surface area contributed by atoms with Crippen LogP contribution in [0.5, 0.6) is 0 Å². The number of ether oxygens (including phenoxy) is 6. The lowest BCUT2D eigenvalue weighted by atomic mass is 9.97. The monoisotopic (exact) mass is 569 g/mol. The van der Waals surface area contributed by atoms with Gasteiger partial charge in [-0.15, -0.1) is 5.10 Å². The lowest BCUT2D eigenvalue weighted by molar-refractivity contribution is -0.270. The lowest BCUT2D eigenvalue weighted by Gasteiger charge is -2.44. The molecule has 40 heavy (non-hydrogen) atoms. The molecule has 0 bridgehead atoms. The first-order chi connectivity index (χ1) is 18.8. The van der Waals surface area contributed by atoms with E-state index >= 15 is 0 Å². The van der Waals surface area contributed by atoms with Gasteiger partial charge < -0.3 is 33.7 Å². The van der Waals surface area contributed by atoms with E-state index < -0.39 is 73.3 Å². The Bertz CT molecular complexity index is 1140. The zero-order chi connectivity index (χ0) is 29.6. The van der Waals surface area contributed by atoms with Crippen molar-refractivity contribution in [3.8, 4) is 0 Å². The van der Waals surface area contributed by atoms with E-state index in [1.165, 1.54) is 29.6 Å². The number of aromatic nitrogens is 3. The van der Waals surface area contributed by atoms with E-state index in [1.54, 1.807) is 0 Å². The van der Waals surface area contributed by atoms with Crippen molar-refractivity contribution >= 4 is 35.9 Å². The summed E-state index contributed by atoms with van der Waals surface area (Å²) in [6.07, 6.45) is -6.25. The predicted molar refractivity (Wildman–Crippen MR) is 127 cm³/mol. The fraction of sp³-hybridized carbons (Fsp3) is 0.652. The number of amides is 2. The van der Waals surface area contributed by atoms with E-state index in [2.05, 4.69) is 15.6 Å². The summed E-state index contributed by atoms with van der Waals surface area (Å²) in [5, 5.41) is 10.7. The molecule has 2 fully saturated rings. The Hall–Kier alpha value is -4.28. The third-order valence-corrected chi connectivity index (χ3v) is 5.67. The van der Waals surface area contributed by atoms with Gasteiger partial charge in [-0.3, -0.25) is 28.9 Å². The number of hydrogen-bond donors (Lipinski definition) is 1. The molecule has 1 unspecified atom stereocenters. The minimum Gasteiger partial charge on any atom is -0.463 e. The SMILES string of the molecule is CC(=O)NCC1CN(Cc2cn([C@H]3O[C@H](COC(C)=O)[C@@H](OC(C)=O)[C@H](OC(C)=O)[C@@H]3OC(C)=O)nn2)C(=O)O1. The Morgan fingerprint density at radius 3 is 2.17 bits per heavy atom. The molecular weight excluding hydrogens is 538 g/mol. The number of carbonyl (C=O) groups excluding carboxylic acids is 6. The van der Waals surface area contributed by atoms with E-state index in [0.29, 0.717) is 5.69 Å². The van der Waals surface area contributed by atoms with Crippen LogP contribution in [-0.4, -0.2) is 106 Å². The first-order valence-electron chi connectivity index (χ1n) is 12.2. The van der Waals surface area contributed by atoms with E-state index in [4.69, 9.17) is 28.4 Å². The maximum Gasteiger partial charge on any atom is 0.410 e. The zero-order valence-corrected chi connectivity index (χ0v) is 22.6. The maximum absolute atomic E-state index is 12.3. The van der Waals surface area contributed by atoms with Gasteiger partial charge in [-0.05, 0) is 0 Å². The minimum absolute atomic E-state index is 0.0132. The van der Waals surface area contributed by atoms with Gasteiger partial charge in [-0.2, -0.15) is 0 Å². The molecule has 2 saturated heterocycles. The van der Waals surface area contributed by atoms with E-state index in [1.807, 2.05) is 0 Å². The highest BCUT2D eigenvalue weighted by Gasteiger charge is 2.53. The molecule has 3 rings (SSSR count). The van der Waals surface area contributed by atoms with Crippen LogP contribution in [0.4, 0.5) is 4.79 Å². The van der Waals surface area contributed by atoms with Gasteiger partial charge >= 0.3 is 30.0 Å². The average Bonchev–Trinajstić information content (AvgIpc) is 3.44. The third-order valence-electron chi connectivity index (χ3n) is 5.67. The maximum atomic E-state index is 12.3. The highest BCUT2D eigenvalue weighted by Crippen LogP contribution is 2.34. The summed E-state index contributed by atoms with van der Waals surface area (Å²) >= 11 is 0. The van der Waals surface area contributed by atoms with Crippen molar-refractivity contribution in [2.75, 3.05) is 19.7 Å². The normalized spacial score (nSPS) is 25.9. The Labute approximate surface area is 228 Å². The summed E-state index contributed by atoms with van der Waals surface area (Å²) in [6, 6.07) is 0. The van der Waals surface area contributed by atoms with Gasteiger partial charge in [0.15, 0.2) is 24.5 Å². The number of hydrogen-bond acceptors (Lipinski definition) is 14. The van der Waals surface area contributed by atoms with Crippen molar-refractivity contribution in [1.29, 1.82) is 0 Å². The molecule has 2 amide bonds. The third kappa shape index (κ3) is 8.11. The molecule has 0 saturated carbocycles. The Kier molecular flexibility index (Phi) is 9.98. The van der Waals surface area contributed by atoms with Gasteiger partial charge in [0.05, 0.1) is 25.8 Å². The summed E-state index contributed by atoms with van der Waals surface area (Å²) < 4.78 is 33.7. The summed E-state index contributed by atoms with van der Waals surface area (Å²) in [5.74, 6) is -3.20. The number of nitrogens with one attached hydrogen (secondary N) is 1. The Balaban J connectivity index is 1.88. The van der Waals surface area contributed by atoms with E-state index in [-0.39, 0.29) is 25.5 Å². The smallest absolute Gasteiger partial charge is 0.410 e. The number of rotatable bonds is 10. The molecule has 3 heterocycles. The van der Waals surface area contributed by atoms with Gasteiger partial charge in [-0.25, -0.2) is 9.48 Å². The second-order valence-corrected chi connectivity index (χ2v) is 9.10. The zero-order valence-electron chi connectivity index (χ0n) is 22.6. The molecule has 17 nitrogen and oxygen atoms in total. The van der Waals surface area contributed by atoms with Crippen molar-refractivity contribution in [2.45, 2.75) is 77.9 Å². The largest absolute Gasteiger partial charge is 0.463 e. The van der Waals surface area contributed by atoms with Crippen molar-refractivity contribution in [3.63, 3.8) is 0 Å². The van der Waals surface area contributed by atoms with E-state index in [9.17, 15) is 28.8 Å². The Morgan fingerprint density at radius 1 is 0.950 bits per heavy atom. The molecule has 2 aliphatic heterocycles. The van der Waals surface area contributed by atoms with Crippen LogP contribution in [0, 0.1) is 0 Å². The van der Waals surface area contributed by atoms with Crippen molar-refractivity contribution in [2.24, 2.45) is 0 Å². The predicted octanol–water partition coefficient (Wildman–Crippen LogP) is -1.01. The quantitative estimate of drug-likeness (QED) is 0.265. The number of nitrogens with zero attached hydrogens (tertiary/aromatic N) is 4. The molecule has 0 aliphatic carbocycles. The van der Waals surface area contributed by atoms with Gasteiger partial charge in [0.25, 0.3) is 0 Å². The molecule has 0 aromatic carbocycles. The van der Waals surface area contributed by atoms with Gasteiger partial charge in [0, 0.05) is 34.6 Å². The van der Waals surface area contributed by atoms with Crippen LogP contribution in [0.25, 0.3) is 0 Å². The van der Waals surface area contributed by atoms with Crippen LogP contribution < -0.4 is 5.32 Å². The molecule has 1 aromatic rings. The molecular formula is C23H31N5O12. The van der Waals surface area contributed by atoms with Crippen LogP contribution in [0.2, 0.25) is 0 Å². The minimum atomic E-state index is -1.37. The van der Waals surface area contributed by atoms with Crippen LogP contribution in [0.3, 0.4) is 0 Å². The van der Waals surface area contributed by atoms with Crippen LogP contribution in [0.1, 0.15) is 46.5 Å². The second-order valence-electron chi connectivity index (χ2n) is 9.10. The fourth-order valence-electron chi connectivity index (χ4n) is 4.19. The van der Waals surface area contributed by atoms with E-state index in [0.717, 1.165) is 20.8 Å². The molecule has 220 valence electrons. The summed E-state index contributed by atoms with van der Waals surface area (Å²) in [4.78, 5) is 72.2.